The van der Waals surface area contributed by atoms with E-state index in [-0.39, 0.29) is 0 Å². The Bertz CT molecular complexity index is 376. The van der Waals surface area contributed by atoms with Crippen molar-refractivity contribution in [2.24, 2.45) is 5.84 Å². The molecule has 2 fully saturated rings. The number of nitrogens with two attached hydrogens (primary N) is 1. The van der Waals surface area contributed by atoms with Gasteiger partial charge in [-0.1, -0.05) is 0 Å². The smallest absolute Gasteiger partial charge is 0.243 e. The molecule has 0 saturated carbocycles. The third kappa shape index (κ3) is 2.17. The summed E-state index contributed by atoms with van der Waals surface area (Å²) < 4.78 is 0. The van der Waals surface area contributed by atoms with Crippen LogP contribution in [0.1, 0.15) is 25.7 Å². The molecule has 18 heavy (non-hydrogen) atoms. The van der Waals surface area contributed by atoms with Crippen LogP contribution in [0.2, 0.25) is 0 Å². The minimum Gasteiger partial charge on any atom is -0.341 e. The number of hydrogen-bond acceptors (Lipinski definition) is 7. The van der Waals surface area contributed by atoms with E-state index in [0.29, 0.717) is 5.95 Å². The minimum atomic E-state index is 0.453. The monoisotopic (exact) mass is 249 g/mol. The van der Waals surface area contributed by atoms with E-state index in [9.17, 15) is 0 Å². The van der Waals surface area contributed by atoms with Gasteiger partial charge in [0.05, 0.1) is 0 Å². The minimum absolute atomic E-state index is 0.453. The fourth-order valence-corrected chi connectivity index (χ4v) is 2.54. The van der Waals surface area contributed by atoms with E-state index in [1.165, 1.54) is 25.7 Å². The lowest BCUT2D eigenvalue weighted by Gasteiger charge is -2.20. The number of nitrogens with one attached hydrogen (secondary N) is 1. The highest BCUT2D eigenvalue weighted by Gasteiger charge is 2.21. The lowest BCUT2D eigenvalue weighted by molar-refractivity contribution is 0.838. The molecule has 0 aromatic carbocycles. The zero-order valence-electron chi connectivity index (χ0n) is 10.5. The van der Waals surface area contributed by atoms with Gasteiger partial charge >= 0.3 is 0 Å². The Labute approximate surface area is 106 Å². The van der Waals surface area contributed by atoms with Crippen LogP contribution in [0.25, 0.3) is 0 Å². The van der Waals surface area contributed by atoms with E-state index >= 15 is 0 Å². The molecule has 3 heterocycles. The van der Waals surface area contributed by atoms with Crippen molar-refractivity contribution in [3.8, 4) is 0 Å². The summed E-state index contributed by atoms with van der Waals surface area (Å²) in [6.45, 7) is 4.09. The summed E-state index contributed by atoms with van der Waals surface area (Å²) in [6.07, 6.45) is 4.82. The number of anilines is 3. The highest BCUT2D eigenvalue weighted by Crippen LogP contribution is 2.22. The molecule has 3 rings (SSSR count). The summed E-state index contributed by atoms with van der Waals surface area (Å²) in [7, 11) is 0. The average molecular weight is 249 g/mol. The number of nitrogens with zero attached hydrogens (tertiary/aromatic N) is 5. The van der Waals surface area contributed by atoms with Crippen molar-refractivity contribution in [3.63, 3.8) is 0 Å². The van der Waals surface area contributed by atoms with Gasteiger partial charge < -0.3 is 9.80 Å². The normalized spacial score (nSPS) is 19.6. The topological polar surface area (TPSA) is 83.2 Å². The molecule has 98 valence electrons. The van der Waals surface area contributed by atoms with Gasteiger partial charge in [0.25, 0.3) is 0 Å². The summed E-state index contributed by atoms with van der Waals surface area (Å²) in [6, 6.07) is 0. The molecule has 2 aliphatic heterocycles. The molecule has 0 aliphatic carbocycles. The van der Waals surface area contributed by atoms with Gasteiger partial charge in [0, 0.05) is 26.2 Å². The fraction of sp³-hybridized carbons (Fsp3) is 0.727. The van der Waals surface area contributed by atoms with Crippen LogP contribution in [-0.4, -0.2) is 41.1 Å². The summed E-state index contributed by atoms with van der Waals surface area (Å²) in [5, 5.41) is 0. The Morgan fingerprint density at radius 2 is 1.22 bits per heavy atom. The van der Waals surface area contributed by atoms with Crippen LogP contribution < -0.4 is 21.1 Å². The Balaban J connectivity index is 1.90. The lowest BCUT2D eigenvalue weighted by atomic mass is 10.4. The highest BCUT2D eigenvalue weighted by molar-refractivity contribution is 5.45. The number of hydrogen-bond donors (Lipinski definition) is 2. The van der Waals surface area contributed by atoms with Crippen molar-refractivity contribution < 1.29 is 0 Å². The first-order valence-corrected chi connectivity index (χ1v) is 6.59. The molecule has 0 atom stereocenters. The van der Waals surface area contributed by atoms with Crippen molar-refractivity contribution in [2.45, 2.75) is 25.7 Å². The van der Waals surface area contributed by atoms with Gasteiger partial charge in [-0.25, -0.2) is 5.84 Å². The maximum Gasteiger partial charge on any atom is 0.243 e. The molecule has 2 saturated heterocycles. The molecule has 3 N–H and O–H groups in total. The zero-order valence-corrected chi connectivity index (χ0v) is 10.5. The van der Waals surface area contributed by atoms with Gasteiger partial charge in [0.15, 0.2) is 0 Å². The Morgan fingerprint density at radius 1 is 0.778 bits per heavy atom. The second-order valence-electron chi connectivity index (χ2n) is 4.79. The van der Waals surface area contributed by atoms with Crippen LogP contribution in [0.15, 0.2) is 0 Å². The summed E-state index contributed by atoms with van der Waals surface area (Å²) in [4.78, 5) is 17.7. The molecule has 1 aromatic heterocycles. The second kappa shape index (κ2) is 4.93. The van der Waals surface area contributed by atoms with Crippen molar-refractivity contribution in [2.75, 3.05) is 41.4 Å². The van der Waals surface area contributed by atoms with Crippen LogP contribution >= 0.6 is 0 Å². The molecule has 7 nitrogen and oxygen atoms in total. The van der Waals surface area contributed by atoms with Crippen molar-refractivity contribution >= 4 is 17.8 Å². The number of rotatable bonds is 3. The van der Waals surface area contributed by atoms with E-state index in [1.807, 2.05) is 0 Å². The molecule has 0 amide bonds. The lowest BCUT2D eigenvalue weighted by Crippen LogP contribution is -2.26. The Hall–Kier alpha value is -1.63. The molecule has 0 bridgehead atoms. The molecule has 7 heteroatoms. The quantitative estimate of drug-likeness (QED) is 0.591. The standard InChI is InChI=1S/C11H19N7/c12-16-9-13-10(17-5-1-2-6-17)15-11(14-9)18-7-3-4-8-18/h1-8,12H2,(H,13,14,15,16). The van der Waals surface area contributed by atoms with Crippen LogP contribution in [0, 0.1) is 0 Å². The maximum atomic E-state index is 5.45. The molecule has 1 aromatic rings. The third-order valence-corrected chi connectivity index (χ3v) is 3.52. The van der Waals surface area contributed by atoms with Crippen molar-refractivity contribution in [1.29, 1.82) is 0 Å². The first-order valence-electron chi connectivity index (χ1n) is 6.59. The van der Waals surface area contributed by atoms with Crippen molar-refractivity contribution in [3.05, 3.63) is 0 Å². The maximum absolute atomic E-state index is 5.45. The molecule has 0 spiro atoms. The summed E-state index contributed by atoms with van der Waals surface area (Å²) in [5.74, 6) is 7.39. The van der Waals surface area contributed by atoms with Crippen LogP contribution in [0.3, 0.4) is 0 Å². The van der Waals surface area contributed by atoms with Crippen LogP contribution in [0.5, 0.6) is 0 Å². The first kappa shape index (κ1) is 11.5. The summed E-state index contributed by atoms with van der Waals surface area (Å²) >= 11 is 0. The van der Waals surface area contributed by atoms with Gasteiger partial charge in [-0.3, -0.25) is 5.43 Å². The first-order chi connectivity index (χ1) is 8.86. The van der Waals surface area contributed by atoms with Gasteiger partial charge in [-0.15, -0.1) is 0 Å². The fourth-order valence-electron chi connectivity index (χ4n) is 2.54. The number of aromatic nitrogens is 3. The van der Waals surface area contributed by atoms with Gasteiger partial charge in [-0.05, 0) is 25.7 Å². The van der Waals surface area contributed by atoms with Gasteiger partial charge in [0.1, 0.15) is 0 Å². The number of nitrogen functional groups attached to an aromatic ring is 1. The van der Waals surface area contributed by atoms with Gasteiger partial charge in [0.2, 0.25) is 17.8 Å². The second-order valence-corrected chi connectivity index (χ2v) is 4.79. The predicted octanol–water partition coefficient (Wildman–Crippen LogP) is 0.358. The molecule has 0 radical (unpaired) electrons. The Morgan fingerprint density at radius 3 is 1.61 bits per heavy atom. The molecule has 0 unspecified atom stereocenters. The summed E-state index contributed by atoms with van der Waals surface area (Å²) in [5.41, 5.74) is 2.54. The zero-order chi connectivity index (χ0) is 12.4. The third-order valence-electron chi connectivity index (χ3n) is 3.52. The molecule has 2 aliphatic rings. The van der Waals surface area contributed by atoms with Crippen LogP contribution in [-0.2, 0) is 0 Å². The van der Waals surface area contributed by atoms with E-state index in [2.05, 4.69) is 30.2 Å². The molecular weight excluding hydrogens is 230 g/mol. The Kier molecular flexibility index (Phi) is 3.14. The number of hydrazine groups is 1. The predicted molar refractivity (Wildman–Crippen MR) is 70.5 cm³/mol. The van der Waals surface area contributed by atoms with E-state index in [0.717, 1.165) is 38.1 Å². The van der Waals surface area contributed by atoms with E-state index in [4.69, 9.17) is 5.84 Å². The van der Waals surface area contributed by atoms with E-state index in [1.54, 1.807) is 0 Å². The van der Waals surface area contributed by atoms with Gasteiger partial charge in [-0.2, -0.15) is 15.0 Å². The largest absolute Gasteiger partial charge is 0.341 e. The average Bonchev–Trinajstić information content (AvgIpc) is 3.10. The SMILES string of the molecule is NNc1nc(N2CCCC2)nc(N2CCCC2)n1. The van der Waals surface area contributed by atoms with Crippen molar-refractivity contribution in [1.82, 2.24) is 15.0 Å². The highest BCUT2D eigenvalue weighted by atomic mass is 15.4. The van der Waals surface area contributed by atoms with E-state index < -0.39 is 0 Å². The van der Waals surface area contributed by atoms with Crippen LogP contribution in [0.4, 0.5) is 17.8 Å². The molecular formula is C11H19N7.